The number of likely N-dealkylation sites (N-methyl/N-ethyl adjacent to an activating group) is 1. The Morgan fingerprint density at radius 2 is 1.46 bits per heavy atom. The molecule has 1 aliphatic heterocycles. The molecule has 1 unspecified atom stereocenters. The van der Waals surface area contributed by atoms with Crippen LogP contribution in [0.25, 0.3) is 0 Å². The molecule has 0 amide bonds. The van der Waals surface area contributed by atoms with E-state index in [0.717, 1.165) is 22.5 Å². The molecule has 0 saturated carbocycles. The number of H-pyrrole nitrogens is 1. The van der Waals surface area contributed by atoms with E-state index in [9.17, 15) is 9.59 Å². The van der Waals surface area contributed by atoms with E-state index in [-0.39, 0.29) is 18.7 Å². The summed E-state index contributed by atoms with van der Waals surface area (Å²) < 4.78 is 42.6. The third-order valence-electron chi connectivity index (χ3n) is 10.4. The van der Waals surface area contributed by atoms with Gasteiger partial charge in [-0.1, -0.05) is 60.7 Å². The first-order valence-corrected chi connectivity index (χ1v) is 21.0. The Morgan fingerprint density at radius 3 is 2.02 bits per heavy atom. The van der Waals surface area contributed by atoms with Crippen LogP contribution in [0.2, 0.25) is 0 Å². The van der Waals surface area contributed by atoms with Crippen LogP contribution in [-0.2, 0) is 24.1 Å². The van der Waals surface area contributed by atoms with E-state index in [4.69, 9.17) is 28.0 Å². The Kier molecular flexibility index (Phi) is 14.7. The van der Waals surface area contributed by atoms with Crippen molar-refractivity contribution in [1.29, 1.82) is 0 Å². The second-order valence-electron chi connectivity index (χ2n) is 15.1. The summed E-state index contributed by atoms with van der Waals surface area (Å²) in [5.41, 5.74) is 0.870. The number of ether oxygens (including phenoxy) is 4. The molecular weight excluding hydrogens is 769 g/mol. The van der Waals surface area contributed by atoms with E-state index in [1.54, 1.807) is 27.3 Å². The van der Waals surface area contributed by atoms with Crippen molar-refractivity contribution in [3.05, 3.63) is 153 Å². The number of methoxy groups -OCH3 is 2. The van der Waals surface area contributed by atoms with Gasteiger partial charge < -0.3 is 32.9 Å². The van der Waals surface area contributed by atoms with E-state index in [1.165, 1.54) is 10.8 Å². The molecule has 0 spiro atoms. The molecule has 0 bridgehead atoms. The van der Waals surface area contributed by atoms with Crippen molar-refractivity contribution in [3.63, 3.8) is 0 Å². The third-order valence-corrected chi connectivity index (χ3v) is 12.6. The Balaban J connectivity index is 1.39. The number of nitrogens with one attached hydrogen (secondary N) is 1. The quantitative estimate of drug-likeness (QED) is 0.0659. The molecule has 3 aromatic carbocycles. The zero-order valence-electron chi connectivity index (χ0n) is 35.1. The van der Waals surface area contributed by atoms with Crippen molar-refractivity contribution < 1.29 is 28.0 Å². The predicted molar refractivity (Wildman–Crippen MR) is 230 cm³/mol. The lowest BCUT2D eigenvalue weighted by Crippen LogP contribution is -2.40. The lowest BCUT2D eigenvalue weighted by molar-refractivity contribution is -0.0926. The zero-order chi connectivity index (χ0) is 42.1. The van der Waals surface area contributed by atoms with Crippen molar-refractivity contribution in [2.45, 2.75) is 77.2 Å². The van der Waals surface area contributed by atoms with Gasteiger partial charge in [-0.25, -0.2) is 14.4 Å². The van der Waals surface area contributed by atoms with Gasteiger partial charge in [0.2, 0.25) is 0 Å². The minimum Gasteiger partial charge on any atom is -0.497 e. The van der Waals surface area contributed by atoms with Crippen molar-refractivity contribution in [3.8, 4) is 11.5 Å². The normalized spacial score (nSPS) is 17.4. The van der Waals surface area contributed by atoms with Gasteiger partial charge in [0.15, 0.2) is 0 Å². The van der Waals surface area contributed by atoms with Crippen molar-refractivity contribution in [2.24, 2.45) is 0 Å². The molecular formula is C45H56N5O8P. The first-order valence-electron chi connectivity index (χ1n) is 19.9. The third kappa shape index (κ3) is 10.1. The Labute approximate surface area is 347 Å². The molecule has 5 aromatic rings. The van der Waals surface area contributed by atoms with Crippen molar-refractivity contribution >= 4 is 14.3 Å². The van der Waals surface area contributed by atoms with Crippen LogP contribution in [0.15, 0.2) is 119 Å². The highest BCUT2D eigenvalue weighted by Gasteiger charge is 2.45. The average molecular weight is 826 g/mol. The molecule has 2 aromatic heterocycles. The first-order chi connectivity index (χ1) is 28.4. The molecule has 13 nitrogen and oxygen atoms in total. The number of benzene rings is 3. The number of nitrogens with zero attached hydrogens (tertiary/aromatic N) is 4. The maximum absolute atomic E-state index is 13.3. The van der Waals surface area contributed by atoms with Gasteiger partial charge in [-0.2, -0.15) is 0 Å². The minimum atomic E-state index is -1.65. The van der Waals surface area contributed by atoms with Gasteiger partial charge in [0.1, 0.15) is 35.2 Å². The lowest BCUT2D eigenvalue weighted by Gasteiger charge is -2.39. The van der Waals surface area contributed by atoms with Crippen LogP contribution in [0.4, 0.5) is 5.82 Å². The molecule has 1 N–H and O–H groups in total. The van der Waals surface area contributed by atoms with Gasteiger partial charge in [-0.3, -0.25) is 14.3 Å². The fraction of sp³-hybridized carbons (Fsp3) is 0.400. The van der Waals surface area contributed by atoms with Crippen LogP contribution in [0.1, 0.15) is 62.6 Å². The van der Waals surface area contributed by atoms with E-state index in [1.807, 2.05) is 109 Å². The van der Waals surface area contributed by atoms with Gasteiger partial charge in [0.25, 0.3) is 14.1 Å². The van der Waals surface area contributed by atoms with Crippen molar-refractivity contribution in [1.82, 2.24) is 19.2 Å². The topological polar surface area (TPSA) is 130 Å². The number of hydrogen-bond acceptors (Lipinski definition) is 11. The number of anilines is 1. The van der Waals surface area contributed by atoms with Crippen LogP contribution >= 0.6 is 8.53 Å². The predicted octanol–water partition coefficient (Wildman–Crippen LogP) is 7.44. The number of aryl methyl sites for hydroxylation is 1. The second kappa shape index (κ2) is 19.9. The maximum atomic E-state index is 13.3. The Hall–Kier alpha value is -4.88. The van der Waals surface area contributed by atoms with Crippen LogP contribution in [-0.4, -0.2) is 84.5 Å². The van der Waals surface area contributed by atoms with Gasteiger partial charge in [0.05, 0.1) is 33.5 Å². The van der Waals surface area contributed by atoms with Gasteiger partial charge in [0, 0.05) is 50.1 Å². The summed E-state index contributed by atoms with van der Waals surface area (Å²) in [6, 6.07) is 31.7. The second-order valence-corrected chi connectivity index (χ2v) is 16.5. The fourth-order valence-corrected chi connectivity index (χ4v) is 9.15. The van der Waals surface area contributed by atoms with E-state index < -0.39 is 43.8 Å². The molecule has 6 rings (SSSR count). The molecule has 314 valence electrons. The molecule has 1 aliphatic rings. The lowest BCUT2D eigenvalue weighted by atomic mass is 9.80. The summed E-state index contributed by atoms with van der Waals surface area (Å²) in [4.78, 5) is 34.7. The number of aromatic nitrogens is 3. The SMILES string of the molecule is COc1ccc(C(OC[C@H]2O[C@@H](n3cc(C)c(=O)[nH]c3=O)C[C@@H]2OP(OCCN(C)c2ccccn2)N(C(C)C)C(C)C)(c2ccccc2)c2ccc(OC)cc2)cc1. The monoisotopic (exact) mass is 825 g/mol. The van der Waals surface area contributed by atoms with Crippen LogP contribution < -0.4 is 25.6 Å². The molecule has 1 fully saturated rings. The van der Waals surface area contributed by atoms with E-state index in [0.29, 0.717) is 36.6 Å². The first kappa shape index (κ1) is 43.7. The highest BCUT2D eigenvalue weighted by atomic mass is 31.2. The van der Waals surface area contributed by atoms with Crippen LogP contribution in [0.5, 0.6) is 11.5 Å². The van der Waals surface area contributed by atoms with Crippen LogP contribution in [0, 0.1) is 6.92 Å². The van der Waals surface area contributed by atoms with E-state index in [2.05, 4.69) is 42.3 Å². The van der Waals surface area contributed by atoms with Crippen molar-refractivity contribution in [2.75, 3.05) is 45.9 Å². The summed E-state index contributed by atoms with van der Waals surface area (Å²) in [6.07, 6.45) is 1.58. The molecule has 14 heteroatoms. The smallest absolute Gasteiger partial charge is 0.330 e. The van der Waals surface area contributed by atoms with Gasteiger partial charge in [-0.15, -0.1) is 0 Å². The molecule has 0 radical (unpaired) electrons. The summed E-state index contributed by atoms with van der Waals surface area (Å²) >= 11 is 0. The highest BCUT2D eigenvalue weighted by Crippen LogP contribution is 2.50. The van der Waals surface area contributed by atoms with E-state index >= 15 is 0 Å². The molecule has 4 atom stereocenters. The molecule has 0 aliphatic carbocycles. The standard InChI is InChI=1S/C45H56N5O8P/c1-31(2)50(32(3)4)59(56-27-26-48(6)41-16-12-13-25-46-41)58-39-28-42(49-29-33(5)43(51)47-44(49)52)57-40(39)30-55-45(34-14-10-9-11-15-34,35-17-21-37(53-7)22-18-35)36-19-23-38(54-8)24-20-36/h9-25,29,31-32,39-40,42H,26-28,30H2,1-8H3,(H,47,51,52)/t39-,40+,42+,59?/m0/s1. The molecule has 59 heavy (non-hydrogen) atoms. The van der Waals surface area contributed by atoms with Gasteiger partial charge >= 0.3 is 5.69 Å². The molecule has 1 saturated heterocycles. The largest absolute Gasteiger partial charge is 0.497 e. The minimum absolute atomic E-state index is 0.0557. The Morgan fingerprint density at radius 1 is 0.864 bits per heavy atom. The molecule has 3 heterocycles. The number of aromatic amines is 1. The summed E-state index contributed by atoms with van der Waals surface area (Å²) in [5.74, 6) is 2.26. The highest BCUT2D eigenvalue weighted by molar-refractivity contribution is 7.44. The fourth-order valence-electron chi connectivity index (χ4n) is 7.40. The number of rotatable bonds is 19. The maximum Gasteiger partial charge on any atom is 0.330 e. The summed E-state index contributed by atoms with van der Waals surface area (Å²) in [6.45, 7) is 11.2. The average Bonchev–Trinajstić information content (AvgIpc) is 3.64. The summed E-state index contributed by atoms with van der Waals surface area (Å²) in [7, 11) is 3.61. The number of hydrogen-bond donors (Lipinski definition) is 1. The Bertz CT molecular complexity index is 2130. The summed E-state index contributed by atoms with van der Waals surface area (Å²) in [5, 5.41) is 0. The van der Waals surface area contributed by atoms with Crippen LogP contribution in [0.3, 0.4) is 0 Å². The van der Waals surface area contributed by atoms with Gasteiger partial charge in [-0.05, 0) is 87.7 Å². The zero-order valence-corrected chi connectivity index (χ0v) is 36.0. The number of pyridine rings is 1.